The molecule has 7 nitrogen and oxygen atoms in total. The molecule has 0 saturated heterocycles. The van der Waals surface area contributed by atoms with Crippen LogP contribution in [0.4, 0.5) is 0 Å². The van der Waals surface area contributed by atoms with Crippen LogP contribution in [0.5, 0.6) is 0 Å². The molecule has 3 heterocycles. The number of hydrogen-bond donors (Lipinski definition) is 1. The first kappa shape index (κ1) is 18.1. The standard InChI is InChI=1S/C20H28N6O/c1-2-19-21-10-15(11-22-19)13-25-7-4-8-26-18(14-25)9-17(24-26)12-23-20(27)16-5-3-6-16/h9-11,16H,2-8,12-14H2,1H3,(H,23,27). The molecule has 2 aromatic rings. The molecule has 0 bridgehead atoms. The maximum Gasteiger partial charge on any atom is 0.223 e. The maximum atomic E-state index is 12.0. The third kappa shape index (κ3) is 4.35. The Morgan fingerprint density at radius 3 is 2.74 bits per heavy atom. The molecule has 1 N–H and O–H groups in total. The Balaban J connectivity index is 1.36. The van der Waals surface area contributed by atoms with E-state index in [2.05, 4.69) is 37.9 Å². The molecule has 0 aromatic carbocycles. The number of carbonyl (C=O) groups excluding carboxylic acids is 1. The Bertz CT molecular complexity index is 780. The number of amides is 1. The molecule has 144 valence electrons. The average molecular weight is 368 g/mol. The van der Waals surface area contributed by atoms with E-state index < -0.39 is 0 Å². The van der Waals surface area contributed by atoms with Gasteiger partial charge in [-0.25, -0.2) is 9.97 Å². The molecular formula is C20H28N6O. The molecule has 1 aliphatic carbocycles. The van der Waals surface area contributed by atoms with E-state index in [0.29, 0.717) is 6.54 Å². The van der Waals surface area contributed by atoms with Crippen molar-refractivity contribution in [1.82, 2.24) is 30.0 Å². The summed E-state index contributed by atoms with van der Waals surface area (Å²) in [7, 11) is 0. The van der Waals surface area contributed by atoms with Gasteiger partial charge in [0.05, 0.1) is 17.9 Å². The molecule has 1 fully saturated rings. The summed E-state index contributed by atoms with van der Waals surface area (Å²) >= 11 is 0. The number of fused-ring (bicyclic) bond motifs is 1. The number of carbonyl (C=O) groups is 1. The molecule has 0 atom stereocenters. The lowest BCUT2D eigenvalue weighted by atomic mass is 9.85. The fourth-order valence-electron chi connectivity index (χ4n) is 3.71. The quantitative estimate of drug-likeness (QED) is 0.845. The van der Waals surface area contributed by atoms with Gasteiger partial charge < -0.3 is 5.32 Å². The number of nitrogens with one attached hydrogen (secondary N) is 1. The van der Waals surface area contributed by atoms with Gasteiger partial charge in [-0.05, 0) is 25.3 Å². The fraction of sp³-hybridized carbons (Fsp3) is 0.600. The molecule has 2 aliphatic rings. The summed E-state index contributed by atoms with van der Waals surface area (Å²) in [5.41, 5.74) is 3.31. The lowest BCUT2D eigenvalue weighted by molar-refractivity contribution is -0.127. The highest BCUT2D eigenvalue weighted by Gasteiger charge is 2.25. The van der Waals surface area contributed by atoms with Crippen LogP contribution in [0.3, 0.4) is 0 Å². The van der Waals surface area contributed by atoms with Gasteiger partial charge in [0.15, 0.2) is 0 Å². The van der Waals surface area contributed by atoms with E-state index >= 15 is 0 Å². The van der Waals surface area contributed by atoms with Crippen molar-refractivity contribution in [2.75, 3.05) is 6.54 Å². The van der Waals surface area contributed by atoms with Crippen LogP contribution in [0.15, 0.2) is 18.5 Å². The zero-order chi connectivity index (χ0) is 18.6. The lowest BCUT2D eigenvalue weighted by Gasteiger charge is -2.23. The van der Waals surface area contributed by atoms with E-state index in [1.165, 1.54) is 12.1 Å². The highest BCUT2D eigenvalue weighted by Crippen LogP contribution is 2.26. The Kier molecular flexibility index (Phi) is 5.48. The van der Waals surface area contributed by atoms with Crippen molar-refractivity contribution < 1.29 is 4.79 Å². The van der Waals surface area contributed by atoms with Gasteiger partial charge in [-0.1, -0.05) is 13.3 Å². The summed E-state index contributed by atoms with van der Waals surface area (Å²) in [6.45, 7) is 6.27. The van der Waals surface area contributed by atoms with Crippen LogP contribution in [-0.4, -0.2) is 37.1 Å². The molecule has 4 rings (SSSR count). The average Bonchev–Trinajstić information content (AvgIpc) is 2.91. The van der Waals surface area contributed by atoms with E-state index in [4.69, 9.17) is 5.10 Å². The van der Waals surface area contributed by atoms with E-state index in [0.717, 1.165) is 68.9 Å². The zero-order valence-electron chi connectivity index (χ0n) is 16.0. The number of nitrogens with zero attached hydrogens (tertiary/aromatic N) is 5. The number of hydrogen-bond acceptors (Lipinski definition) is 5. The summed E-state index contributed by atoms with van der Waals surface area (Å²) in [4.78, 5) is 23.3. The minimum atomic E-state index is 0.182. The van der Waals surface area contributed by atoms with E-state index in [9.17, 15) is 4.79 Å². The number of aryl methyl sites for hydroxylation is 2. The van der Waals surface area contributed by atoms with Crippen LogP contribution < -0.4 is 5.32 Å². The second kappa shape index (κ2) is 8.17. The summed E-state index contributed by atoms with van der Waals surface area (Å²) in [5, 5.41) is 7.74. The van der Waals surface area contributed by atoms with Crippen LogP contribution in [0.25, 0.3) is 0 Å². The van der Waals surface area contributed by atoms with Crippen molar-refractivity contribution in [2.45, 2.75) is 65.2 Å². The van der Waals surface area contributed by atoms with Crippen molar-refractivity contribution in [2.24, 2.45) is 5.92 Å². The largest absolute Gasteiger partial charge is 0.350 e. The molecule has 1 saturated carbocycles. The highest BCUT2D eigenvalue weighted by molar-refractivity contribution is 5.79. The Hall–Kier alpha value is -2.28. The van der Waals surface area contributed by atoms with E-state index in [1.54, 1.807) is 0 Å². The molecule has 0 radical (unpaired) electrons. The normalized spacial score (nSPS) is 17.8. The van der Waals surface area contributed by atoms with Gasteiger partial charge in [0.25, 0.3) is 0 Å². The van der Waals surface area contributed by atoms with Crippen molar-refractivity contribution in [3.8, 4) is 0 Å². The van der Waals surface area contributed by atoms with Crippen LogP contribution in [0.2, 0.25) is 0 Å². The van der Waals surface area contributed by atoms with Crippen LogP contribution in [-0.2, 0) is 37.4 Å². The second-order valence-corrected chi connectivity index (χ2v) is 7.62. The van der Waals surface area contributed by atoms with E-state index in [1.807, 2.05) is 12.4 Å². The predicted octanol–water partition coefficient (Wildman–Crippen LogP) is 2.06. The molecular weight excluding hydrogens is 340 g/mol. The van der Waals surface area contributed by atoms with E-state index in [-0.39, 0.29) is 11.8 Å². The van der Waals surface area contributed by atoms with Gasteiger partial charge in [0.2, 0.25) is 5.91 Å². The van der Waals surface area contributed by atoms with Gasteiger partial charge in [-0.3, -0.25) is 14.4 Å². The van der Waals surface area contributed by atoms with Gasteiger partial charge in [0.1, 0.15) is 5.82 Å². The number of aromatic nitrogens is 4. The van der Waals surface area contributed by atoms with Crippen LogP contribution in [0.1, 0.15) is 55.4 Å². The summed E-state index contributed by atoms with van der Waals surface area (Å²) in [6, 6.07) is 2.13. The number of rotatable bonds is 6. The Morgan fingerprint density at radius 1 is 1.22 bits per heavy atom. The topological polar surface area (TPSA) is 75.9 Å². The van der Waals surface area contributed by atoms with Crippen molar-refractivity contribution in [3.05, 3.63) is 41.2 Å². The predicted molar refractivity (Wildman–Crippen MR) is 102 cm³/mol. The minimum Gasteiger partial charge on any atom is -0.350 e. The zero-order valence-corrected chi connectivity index (χ0v) is 16.0. The van der Waals surface area contributed by atoms with Gasteiger partial charge >= 0.3 is 0 Å². The molecule has 1 aliphatic heterocycles. The van der Waals surface area contributed by atoms with Crippen LogP contribution in [0, 0.1) is 5.92 Å². The van der Waals surface area contributed by atoms with Gasteiger partial charge in [0, 0.05) is 56.5 Å². The molecule has 0 unspecified atom stereocenters. The van der Waals surface area contributed by atoms with Crippen molar-refractivity contribution in [1.29, 1.82) is 0 Å². The van der Waals surface area contributed by atoms with Crippen LogP contribution >= 0.6 is 0 Å². The first-order valence-electron chi connectivity index (χ1n) is 10.1. The maximum absolute atomic E-state index is 12.0. The first-order chi connectivity index (χ1) is 13.2. The molecule has 27 heavy (non-hydrogen) atoms. The monoisotopic (exact) mass is 368 g/mol. The summed E-state index contributed by atoms with van der Waals surface area (Å²) in [6.07, 6.45) is 9.05. The molecule has 7 heteroatoms. The van der Waals surface area contributed by atoms with Crippen molar-refractivity contribution in [3.63, 3.8) is 0 Å². The van der Waals surface area contributed by atoms with Gasteiger partial charge in [-0.2, -0.15) is 5.10 Å². The fourth-order valence-corrected chi connectivity index (χ4v) is 3.71. The SMILES string of the molecule is CCc1ncc(CN2CCCn3nc(CNC(=O)C4CCC4)cc3C2)cn1. The molecule has 0 spiro atoms. The summed E-state index contributed by atoms with van der Waals surface area (Å²) < 4.78 is 2.10. The Labute approximate surface area is 160 Å². The second-order valence-electron chi connectivity index (χ2n) is 7.62. The third-order valence-corrected chi connectivity index (χ3v) is 5.54. The smallest absolute Gasteiger partial charge is 0.223 e. The molecule has 2 aromatic heterocycles. The first-order valence-corrected chi connectivity index (χ1v) is 10.1. The molecule has 1 amide bonds. The Morgan fingerprint density at radius 2 is 2.04 bits per heavy atom. The summed E-state index contributed by atoms with van der Waals surface area (Å²) in [5.74, 6) is 1.30. The van der Waals surface area contributed by atoms with Crippen molar-refractivity contribution >= 4 is 5.91 Å². The highest BCUT2D eigenvalue weighted by atomic mass is 16.1. The third-order valence-electron chi connectivity index (χ3n) is 5.54. The lowest BCUT2D eigenvalue weighted by Crippen LogP contribution is -2.34. The minimum absolute atomic E-state index is 0.182. The van der Waals surface area contributed by atoms with Gasteiger partial charge in [-0.15, -0.1) is 0 Å².